The third-order valence-corrected chi connectivity index (χ3v) is 4.81. The summed E-state index contributed by atoms with van der Waals surface area (Å²) in [6, 6.07) is 12.5. The lowest BCUT2D eigenvalue weighted by Crippen LogP contribution is -2.26. The average molecular weight is 333 g/mol. The lowest BCUT2D eigenvalue weighted by atomic mass is 10.1. The summed E-state index contributed by atoms with van der Waals surface area (Å²) in [5.74, 6) is -0.610. The summed E-state index contributed by atoms with van der Waals surface area (Å²) >= 11 is 1.23. The van der Waals surface area contributed by atoms with E-state index in [-0.39, 0.29) is 0 Å². The fourth-order valence-corrected chi connectivity index (χ4v) is 3.30. The van der Waals surface area contributed by atoms with Crippen LogP contribution in [0.5, 0.6) is 5.75 Å². The summed E-state index contributed by atoms with van der Waals surface area (Å²) in [6.45, 7) is 1.93. The number of benzene rings is 2. The molecule has 5 nitrogen and oxygen atoms in total. The Hall–Kier alpha value is -2.18. The molecule has 0 aliphatic carbocycles. The van der Waals surface area contributed by atoms with Crippen LogP contribution in [-0.4, -0.2) is 29.4 Å². The molecule has 0 spiro atoms. The number of hydrogen-bond acceptors (Lipinski definition) is 5. The minimum atomic E-state index is -1.55. The molecule has 6 heteroatoms. The van der Waals surface area contributed by atoms with Gasteiger partial charge >= 0.3 is 5.97 Å². The van der Waals surface area contributed by atoms with Crippen LogP contribution in [0.25, 0.3) is 0 Å². The van der Waals surface area contributed by atoms with E-state index in [1.54, 1.807) is 31.4 Å². The summed E-state index contributed by atoms with van der Waals surface area (Å²) < 4.78 is 5.10. The monoisotopic (exact) mass is 333 g/mol. The molecule has 2 rings (SSSR count). The first-order valence-electron chi connectivity index (χ1n) is 7.00. The van der Waals surface area contributed by atoms with Crippen molar-refractivity contribution in [3.63, 3.8) is 0 Å². The number of ether oxygens (including phenoxy) is 1. The highest BCUT2D eigenvalue weighted by Crippen LogP contribution is 2.41. The van der Waals surface area contributed by atoms with E-state index in [0.29, 0.717) is 17.0 Å². The van der Waals surface area contributed by atoms with Crippen molar-refractivity contribution < 1.29 is 19.7 Å². The zero-order valence-electron chi connectivity index (χ0n) is 12.9. The van der Waals surface area contributed by atoms with Crippen LogP contribution >= 0.6 is 11.8 Å². The number of nitrogen functional groups attached to an aromatic ring is 1. The molecule has 0 saturated carbocycles. The highest BCUT2D eigenvalue weighted by molar-refractivity contribution is 7.99. The van der Waals surface area contributed by atoms with Crippen molar-refractivity contribution in [1.29, 1.82) is 0 Å². The van der Waals surface area contributed by atoms with Crippen LogP contribution < -0.4 is 10.5 Å². The summed E-state index contributed by atoms with van der Waals surface area (Å²) in [7, 11) is 1.56. The van der Waals surface area contributed by atoms with Crippen molar-refractivity contribution in [1.82, 2.24) is 0 Å². The maximum Gasteiger partial charge on any atom is 0.334 e. The zero-order valence-corrected chi connectivity index (χ0v) is 13.7. The van der Waals surface area contributed by atoms with Crippen LogP contribution in [0.3, 0.4) is 0 Å². The van der Waals surface area contributed by atoms with Gasteiger partial charge in [-0.3, -0.25) is 0 Å². The second kappa shape index (κ2) is 7.39. The van der Waals surface area contributed by atoms with Crippen molar-refractivity contribution >= 4 is 23.4 Å². The summed E-state index contributed by atoms with van der Waals surface area (Å²) in [4.78, 5) is 12.0. The number of carboxylic acid groups (broad SMARTS) is 1. The number of nitrogens with two attached hydrogens (primary N) is 1. The van der Waals surface area contributed by atoms with Crippen LogP contribution in [0.1, 0.15) is 16.4 Å². The number of hydrogen-bond donors (Lipinski definition) is 3. The van der Waals surface area contributed by atoms with Crippen molar-refractivity contribution in [2.75, 3.05) is 12.8 Å². The number of carbonyl (C=O) groups is 1. The molecule has 0 unspecified atom stereocenters. The van der Waals surface area contributed by atoms with Gasteiger partial charge in [0, 0.05) is 10.6 Å². The van der Waals surface area contributed by atoms with E-state index in [2.05, 4.69) is 0 Å². The van der Waals surface area contributed by atoms with Crippen LogP contribution in [0.4, 0.5) is 5.69 Å². The SMILES string of the molecule is COc1ccc([C@H](Sc2ccc(C)cc2N)[C@@H](O)C(=O)O)cc1. The maximum atomic E-state index is 11.2. The first kappa shape index (κ1) is 17.2. The molecule has 2 aromatic carbocycles. The van der Waals surface area contributed by atoms with Gasteiger partial charge in [0.1, 0.15) is 5.75 Å². The van der Waals surface area contributed by atoms with Crippen LogP contribution in [-0.2, 0) is 4.79 Å². The number of aliphatic hydroxyl groups is 1. The Kier molecular flexibility index (Phi) is 5.52. The van der Waals surface area contributed by atoms with Gasteiger partial charge in [-0.05, 0) is 42.3 Å². The van der Waals surface area contributed by atoms with Crippen LogP contribution in [0.15, 0.2) is 47.4 Å². The van der Waals surface area contributed by atoms with E-state index in [0.717, 1.165) is 10.5 Å². The average Bonchev–Trinajstić information content (AvgIpc) is 2.53. The number of rotatable bonds is 6. The van der Waals surface area contributed by atoms with Gasteiger partial charge in [0.25, 0.3) is 0 Å². The van der Waals surface area contributed by atoms with Crippen molar-refractivity contribution in [3.05, 3.63) is 53.6 Å². The fourth-order valence-electron chi connectivity index (χ4n) is 2.15. The molecule has 2 atom stereocenters. The van der Waals surface area contributed by atoms with Gasteiger partial charge < -0.3 is 20.7 Å². The number of thioether (sulfide) groups is 1. The second-order valence-electron chi connectivity index (χ2n) is 5.14. The largest absolute Gasteiger partial charge is 0.497 e. The third-order valence-electron chi connectivity index (χ3n) is 3.40. The Bertz CT molecular complexity index is 687. The molecule has 0 aliphatic rings. The minimum absolute atomic E-state index is 0.561. The molecule has 0 amide bonds. The Morgan fingerprint density at radius 2 is 1.87 bits per heavy atom. The smallest absolute Gasteiger partial charge is 0.334 e. The first-order valence-corrected chi connectivity index (χ1v) is 7.88. The predicted octanol–water partition coefficient (Wildman–Crippen LogP) is 2.86. The number of anilines is 1. The van der Waals surface area contributed by atoms with Crippen LogP contribution in [0.2, 0.25) is 0 Å². The molecule has 4 N–H and O–H groups in total. The summed E-state index contributed by atoms with van der Waals surface area (Å²) in [5.41, 5.74) is 8.27. The molecule has 0 radical (unpaired) electrons. The molecule has 0 aliphatic heterocycles. The van der Waals surface area contributed by atoms with E-state index in [4.69, 9.17) is 10.5 Å². The van der Waals surface area contributed by atoms with Crippen molar-refractivity contribution in [3.8, 4) is 5.75 Å². The zero-order chi connectivity index (χ0) is 17.0. The molecule has 2 aromatic rings. The number of carboxylic acids is 1. The Morgan fingerprint density at radius 1 is 1.22 bits per heavy atom. The normalized spacial score (nSPS) is 13.3. The molecule has 23 heavy (non-hydrogen) atoms. The summed E-state index contributed by atoms with van der Waals surface area (Å²) in [5, 5.41) is 18.6. The van der Waals surface area contributed by atoms with Crippen LogP contribution in [0, 0.1) is 6.92 Å². The van der Waals surface area contributed by atoms with E-state index in [1.165, 1.54) is 11.8 Å². The minimum Gasteiger partial charge on any atom is -0.497 e. The lowest BCUT2D eigenvalue weighted by molar-refractivity contribution is -0.146. The van der Waals surface area contributed by atoms with Gasteiger partial charge in [0.05, 0.1) is 12.4 Å². The Labute approximate surface area is 139 Å². The number of aliphatic carboxylic acids is 1. The quantitative estimate of drug-likeness (QED) is 0.556. The molecular weight excluding hydrogens is 314 g/mol. The van der Waals surface area contributed by atoms with Gasteiger partial charge in [-0.2, -0.15) is 0 Å². The third kappa shape index (κ3) is 4.18. The predicted molar refractivity (Wildman–Crippen MR) is 90.8 cm³/mol. The molecule has 0 fully saturated rings. The maximum absolute atomic E-state index is 11.2. The summed E-state index contributed by atoms with van der Waals surface area (Å²) in [6.07, 6.45) is -1.55. The first-order chi connectivity index (χ1) is 10.9. The Morgan fingerprint density at radius 3 is 2.39 bits per heavy atom. The standard InChI is InChI=1S/C17H19NO4S/c1-10-3-8-14(13(18)9-10)23-16(15(19)17(20)21)11-4-6-12(22-2)7-5-11/h3-9,15-16,19H,18H2,1-2H3,(H,20,21)/t15-,16+/m1/s1. The van der Waals surface area contributed by atoms with E-state index in [9.17, 15) is 15.0 Å². The van der Waals surface area contributed by atoms with Crippen molar-refractivity contribution in [2.24, 2.45) is 0 Å². The second-order valence-corrected chi connectivity index (χ2v) is 6.32. The highest BCUT2D eigenvalue weighted by atomic mass is 32.2. The topological polar surface area (TPSA) is 92.8 Å². The molecule has 0 saturated heterocycles. The van der Waals surface area contributed by atoms with Gasteiger partial charge in [-0.1, -0.05) is 18.2 Å². The van der Waals surface area contributed by atoms with Gasteiger partial charge in [0.2, 0.25) is 0 Å². The van der Waals surface area contributed by atoms with Gasteiger partial charge in [-0.15, -0.1) is 11.8 Å². The number of methoxy groups -OCH3 is 1. The highest BCUT2D eigenvalue weighted by Gasteiger charge is 2.29. The van der Waals surface area contributed by atoms with E-state index < -0.39 is 17.3 Å². The number of aryl methyl sites for hydroxylation is 1. The van der Waals surface area contributed by atoms with E-state index >= 15 is 0 Å². The Balaban J connectivity index is 2.35. The number of aliphatic hydroxyl groups excluding tert-OH is 1. The molecular formula is C17H19NO4S. The van der Waals surface area contributed by atoms with Gasteiger partial charge in [-0.25, -0.2) is 4.79 Å². The van der Waals surface area contributed by atoms with Crippen molar-refractivity contribution in [2.45, 2.75) is 23.2 Å². The van der Waals surface area contributed by atoms with Gasteiger partial charge in [0.15, 0.2) is 6.10 Å². The molecule has 122 valence electrons. The molecule has 0 heterocycles. The molecule has 0 aromatic heterocycles. The lowest BCUT2D eigenvalue weighted by Gasteiger charge is -2.21. The fraction of sp³-hybridized carbons (Fsp3) is 0.235. The van der Waals surface area contributed by atoms with E-state index in [1.807, 2.05) is 25.1 Å². The molecule has 0 bridgehead atoms.